The molecule has 1 aromatic rings. The Bertz CT molecular complexity index is 486. The van der Waals surface area contributed by atoms with Gasteiger partial charge in [0, 0.05) is 5.92 Å². The molecule has 1 aliphatic carbocycles. The van der Waals surface area contributed by atoms with Crippen LogP contribution in [0.1, 0.15) is 30.3 Å². The molecule has 2 atom stereocenters. The van der Waals surface area contributed by atoms with Crippen LogP contribution >= 0.6 is 0 Å². The molecular weight excluding hydrogens is 256 g/mol. The zero-order valence-corrected chi connectivity index (χ0v) is 12.6. The fourth-order valence-electron chi connectivity index (χ4n) is 2.80. The van der Waals surface area contributed by atoms with Crippen LogP contribution in [0.3, 0.4) is 0 Å². The first-order valence-electron chi connectivity index (χ1n) is 6.97. The fourth-order valence-corrected chi connectivity index (χ4v) is 2.80. The minimum Gasteiger partial charge on any atom is -0.457 e. The van der Waals surface area contributed by atoms with Crippen molar-refractivity contribution in [3.63, 3.8) is 0 Å². The molecule has 1 saturated carbocycles. The molecule has 110 valence electrons. The summed E-state index contributed by atoms with van der Waals surface area (Å²) in [4.78, 5) is 16.6. The summed E-state index contributed by atoms with van der Waals surface area (Å²) in [6, 6.07) is 3.22. The molecule has 5 nitrogen and oxygen atoms in total. The number of oxime groups is 1. The van der Waals surface area contributed by atoms with Gasteiger partial charge in [-0.25, -0.2) is 4.79 Å². The van der Waals surface area contributed by atoms with Crippen molar-refractivity contribution >= 4 is 11.7 Å². The average molecular weight is 279 g/mol. The molecule has 0 saturated heterocycles. The number of furan rings is 1. The highest BCUT2D eigenvalue weighted by atomic mass is 16.7. The molecule has 2 rings (SSSR count). The van der Waals surface area contributed by atoms with E-state index < -0.39 is 5.97 Å². The number of rotatable bonds is 4. The molecule has 20 heavy (non-hydrogen) atoms. The molecule has 0 spiro atoms. The molecule has 0 unspecified atom stereocenters. The van der Waals surface area contributed by atoms with Crippen molar-refractivity contribution in [3.05, 3.63) is 24.2 Å². The number of hydrogen-bond acceptors (Lipinski definition) is 4. The SMILES string of the molecule is C[C@@H]1C[C@H](C[N+](C)(C)C)C/C1=N\OC(=O)c1ccco1. The highest BCUT2D eigenvalue weighted by Gasteiger charge is 2.32. The van der Waals surface area contributed by atoms with Gasteiger partial charge in [0.25, 0.3) is 0 Å². The van der Waals surface area contributed by atoms with E-state index in [1.165, 1.54) is 6.26 Å². The van der Waals surface area contributed by atoms with E-state index in [2.05, 4.69) is 33.2 Å². The summed E-state index contributed by atoms with van der Waals surface area (Å²) in [5.74, 6) is 0.620. The van der Waals surface area contributed by atoms with E-state index in [4.69, 9.17) is 9.25 Å². The van der Waals surface area contributed by atoms with Gasteiger partial charge < -0.3 is 13.7 Å². The Labute approximate surface area is 119 Å². The van der Waals surface area contributed by atoms with Gasteiger partial charge in [0.2, 0.25) is 5.76 Å². The third-order valence-corrected chi connectivity index (χ3v) is 3.53. The molecule has 0 aromatic carbocycles. The monoisotopic (exact) mass is 279 g/mol. The van der Waals surface area contributed by atoms with Gasteiger partial charge in [-0.05, 0) is 30.9 Å². The Morgan fingerprint density at radius 1 is 1.50 bits per heavy atom. The maximum atomic E-state index is 11.7. The van der Waals surface area contributed by atoms with Crippen LogP contribution in [0, 0.1) is 11.8 Å². The lowest BCUT2D eigenvalue weighted by Gasteiger charge is -2.27. The Balaban J connectivity index is 1.92. The quantitative estimate of drug-likeness (QED) is 0.483. The van der Waals surface area contributed by atoms with Crippen molar-refractivity contribution in [1.82, 2.24) is 0 Å². The van der Waals surface area contributed by atoms with E-state index in [1.807, 2.05) is 0 Å². The van der Waals surface area contributed by atoms with Crippen LogP contribution in [0.2, 0.25) is 0 Å². The van der Waals surface area contributed by atoms with Gasteiger partial charge in [-0.1, -0.05) is 12.1 Å². The number of carbonyl (C=O) groups is 1. The number of nitrogens with zero attached hydrogens (tertiary/aromatic N) is 2. The van der Waals surface area contributed by atoms with Gasteiger partial charge in [-0.3, -0.25) is 0 Å². The molecule has 5 heteroatoms. The Morgan fingerprint density at radius 3 is 2.85 bits per heavy atom. The van der Waals surface area contributed by atoms with E-state index in [-0.39, 0.29) is 5.76 Å². The second-order valence-corrected chi connectivity index (χ2v) is 6.62. The van der Waals surface area contributed by atoms with Crippen molar-refractivity contribution < 1.29 is 18.5 Å². The molecule has 0 radical (unpaired) electrons. The highest BCUT2D eigenvalue weighted by molar-refractivity contribution is 5.90. The zero-order valence-electron chi connectivity index (χ0n) is 12.6. The van der Waals surface area contributed by atoms with Gasteiger partial charge in [-0.15, -0.1) is 0 Å². The topological polar surface area (TPSA) is 51.8 Å². The maximum absolute atomic E-state index is 11.7. The summed E-state index contributed by atoms with van der Waals surface area (Å²) < 4.78 is 5.92. The molecule has 1 fully saturated rings. The molecule has 0 aliphatic heterocycles. The Kier molecular flexibility index (Phi) is 4.28. The summed E-state index contributed by atoms with van der Waals surface area (Å²) in [6.45, 7) is 3.24. The van der Waals surface area contributed by atoms with Gasteiger partial charge in [0.15, 0.2) is 0 Å². The second-order valence-electron chi connectivity index (χ2n) is 6.62. The normalized spacial score (nSPS) is 25.1. The predicted molar refractivity (Wildman–Crippen MR) is 76.3 cm³/mol. The molecule has 0 bridgehead atoms. The Morgan fingerprint density at radius 2 is 2.25 bits per heavy atom. The summed E-state index contributed by atoms with van der Waals surface area (Å²) in [6.07, 6.45) is 3.45. The van der Waals surface area contributed by atoms with Crippen LogP contribution < -0.4 is 0 Å². The lowest BCUT2D eigenvalue weighted by Crippen LogP contribution is -2.38. The maximum Gasteiger partial charge on any atom is 0.400 e. The predicted octanol–water partition coefficient (Wildman–Crippen LogP) is 2.54. The fraction of sp³-hybridized carbons (Fsp3) is 0.600. The van der Waals surface area contributed by atoms with Crippen LogP contribution in [-0.4, -0.2) is 43.9 Å². The van der Waals surface area contributed by atoms with Crippen molar-refractivity contribution in [1.29, 1.82) is 0 Å². The van der Waals surface area contributed by atoms with Gasteiger partial charge in [-0.2, -0.15) is 0 Å². The highest BCUT2D eigenvalue weighted by Crippen LogP contribution is 2.30. The van der Waals surface area contributed by atoms with Crippen molar-refractivity contribution in [2.75, 3.05) is 27.7 Å². The summed E-state index contributed by atoms with van der Waals surface area (Å²) >= 11 is 0. The standard InChI is InChI=1S/C15H23N2O3/c1-11-8-12(10-17(2,3)4)9-13(11)16-20-15(18)14-6-5-7-19-14/h5-7,11-12H,8-10H2,1-4H3/q+1/b16-13+/t11-,12+/m1/s1. The van der Waals surface area contributed by atoms with Crippen LogP contribution in [0.5, 0.6) is 0 Å². The molecule has 1 aromatic heterocycles. The molecular formula is C15H23N2O3+. The van der Waals surface area contributed by atoms with E-state index in [9.17, 15) is 4.79 Å². The number of hydrogen-bond donors (Lipinski definition) is 0. The summed E-state index contributed by atoms with van der Waals surface area (Å²) in [5.41, 5.74) is 0.975. The minimum atomic E-state index is -0.537. The molecule has 0 amide bonds. The largest absolute Gasteiger partial charge is 0.457 e. The third-order valence-electron chi connectivity index (χ3n) is 3.53. The molecule has 1 aliphatic rings. The first-order chi connectivity index (χ1) is 9.35. The summed E-state index contributed by atoms with van der Waals surface area (Å²) in [7, 11) is 6.57. The third kappa shape index (κ3) is 3.93. The van der Waals surface area contributed by atoms with E-state index in [1.54, 1.807) is 12.1 Å². The minimum absolute atomic E-state index is 0.183. The van der Waals surface area contributed by atoms with Gasteiger partial charge in [0.1, 0.15) is 0 Å². The van der Waals surface area contributed by atoms with Crippen molar-refractivity contribution in [2.45, 2.75) is 19.8 Å². The number of carbonyl (C=O) groups excluding carboxylic acids is 1. The first kappa shape index (κ1) is 14.8. The molecule has 1 heterocycles. The van der Waals surface area contributed by atoms with Crippen LogP contribution in [0.15, 0.2) is 28.0 Å². The van der Waals surface area contributed by atoms with Crippen LogP contribution in [0.4, 0.5) is 0 Å². The van der Waals surface area contributed by atoms with Crippen LogP contribution in [0.25, 0.3) is 0 Å². The van der Waals surface area contributed by atoms with Gasteiger partial charge >= 0.3 is 5.97 Å². The zero-order chi connectivity index (χ0) is 14.8. The smallest absolute Gasteiger partial charge is 0.400 e. The first-order valence-corrected chi connectivity index (χ1v) is 6.97. The van der Waals surface area contributed by atoms with Crippen LogP contribution in [-0.2, 0) is 4.84 Å². The van der Waals surface area contributed by atoms with E-state index >= 15 is 0 Å². The summed E-state index contributed by atoms with van der Waals surface area (Å²) in [5, 5.41) is 4.04. The molecule has 0 N–H and O–H groups in total. The Hall–Kier alpha value is -1.62. The van der Waals surface area contributed by atoms with E-state index in [0.29, 0.717) is 11.8 Å². The second kappa shape index (κ2) is 5.79. The number of quaternary nitrogens is 1. The van der Waals surface area contributed by atoms with Gasteiger partial charge in [0.05, 0.1) is 39.7 Å². The van der Waals surface area contributed by atoms with E-state index in [0.717, 1.165) is 29.6 Å². The van der Waals surface area contributed by atoms with Crippen molar-refractivity contribution in [2.24, 2.45) is 17.0 Å². The lowest BCUT2D eigenvalue weighted by atomic mass is 10.1. The van der Waals surface area contributed by atoms with Crippen molar-refractivity contribution in [3.8, 4) is 0 Å². The lowest BCUT2D eigenvalue weighted by molar-refractivity contribution is -0.873. The average Bonchev–Trinajstić information content (AvgIpc) is 2.94.